The van der Waals surface area contributed by atoms with Crippen molar-refractivity contribution < 1.29 is 14.6 Å². The summed E-state index contributed by atoms with van der Waals surface area (Å²) in [6, 6.07) is 10.5. The van der Waals surface area contributed by atoms with Crippen LogP contribution in [0, 0.1) is 34.5 Å². The number of rotatable bonds is 4. The van der Waals surface area contributed by atoms with Crippen LogP contribution in [-0.4, -0.2) is 23.6 Å². The number of hydrogen-bond acceptors (Lipinski definition) is 3. The lowest BCUT2D eigenvalue weighted by atomic mass is 9.46. The molecule has 0 heterocycles. The van der Waals surface area contributed by atoms with Gasteiger partial charge in [-0.2, -0.15) is 0 Å². The van der Waals surface area contributed by atoms with Crippen molar-refractivity contribution in [2.75, 3.05) is 7.11 Å². The van der Waals surface area contributed by atoms with E-state index in [9.17, 15) is 9.90 Å². The first-order chi connectivity index (χ1) is 15.2. The van der Waals surface area contributed by atoms with Gasteiger partial charge in [0.15, 0.2) is 11.5 Å². The van der Waals surface area contributed by atoms with Crippen molar-refractivity contribution in [3.8, 4) is 0 Å². The number of Topliss-reactive ketones (excluding diaryl/α,β-unsaturated/α-hetero) is 1. The Morgan fingerprint density at radius 2 is 1.78 bits per heavy atom. The number of ether oxygens (including phenoxy) is 1. The molecule has 0 aliphatic heterocycles. The quantitative estimate of drug-likeness (QED) is 0.620. The van der Waals surface area contributed by atoms with Crippen molar-refractivity contribution in [3.05, 3.63) is 47.2 Å². The number of ketones is 1. The predicted octanol–water partition coefficient (Wildman–Crippen LogP) is 6.10. The Balaban J connectivity index is 1.42. The zero-order chi connectivity index (χ0) is 22.7. The van der Waals surface area contributed by atoms with Gasteiger partial charge in [-0.25, -0.2) is 0 Å². The maximum atomic E-state index is 12.5. The molecular weight excluding hydrogens is 396 g/mol. The van der Waals surface area contributed by atoms with Gasteiger partial charge in [0.2, 0.25) is 0 Å². The van der Waals surface area contributed by atoms with E-state index in [0.717, 1.165) is 25.7 Å². The number of aliphatic hydroxyl groups is 1. The largest absolute Gasteiger partial charge is 0.493 e. The van der Waals surface area contributed by atoms with Gasteiger partial charge < -0.3 is 9.84 Å². The molecule has 3 saturated carbocycles. The van der Waals surface area contributed by atoms with E-state index < -0.39 is 5.60 Å². The molecule has 1 aromatic carbocycles. The lowest BCUT2D eigenvalue weighted by Crippen LogP contribution is -2.53. The monoisotopic (exact) mass is 436 g/mol. The van der Waals surface area contributed by atoms with Crippen LogP contribution in [0.2, 0.25) is 0 Å². The standard InChI is InChI=1S/C29H40O3/c1-27-17-15-24(30)26(32-4)23(27)11-10-20-21-12-13-25(28(21,2)16-14-22(20)27)29(3,31)18-19-8-6-5-7-9-19/h5-9,20-22,25,31H,10-18H2,1-4H3/t20-,21-,22-,25-,27+,28-,29-/m0/s1. The van der Waals surface area contributed by atoms with Crippen LogP contribution in [0.15, 0.2) is 41.7 Å². The second kappa shape index (κ2) is 7.72. The Morgan fingerprint density at radius 1 is 1.03 bits per heavy atom. The van der Waals surface area contributed by atoms with Gasteiger partial charge in [0.1, 0.15) is 0 Å². The van der Waals surface area contributed by atoms with Crippen LogP contribution in [-0.2, 0) is 16.0 Å². The van der Waals surface area contributed by atoms with Gasteiger partial charge in [-0.05, 0) is 97.5 Å². The Hall–Kier alpha value is -1.61. The van der Waals surface area contributed by atoms with Gasteiger partial charge in [-0.1, -0.05) is 44.2 Å². The topological polar surface area (TPSA) is 46.5 Å². The van der Waals surface area contributed by atoms with Gasteiger partial charge in [0, 0.05) is 12.8 Å². The van der Waals surface area contributed by atoms with Crippen LogP contribution in [0.25, 0.3) is 0 Å². The van der Waals surface area contributed by atoms with Crippen molar-refractivity contribution in [2.24, 2.45) is 34.5 Å². The smallest absolute Gasteiger partial charge is 0.197 e. The summed E-state index contributed by atoms with van der Waals surface area (Å²) in [4.78, 5) is 12.5. The highest BCUT2D eigenvalue weighted by molar-refractivity contribution is 5.95. The number of fused-ring (bicyclic) bond motifs is 5. The van der Waals surface area contributed by atoms with E-state index in [1.807, 2.05) is 6.07 Å². The molecule has 3 fully saturated rings. The van der Waals surface area contributed by atoms with E-state index in [2.05, 4.69) is 45.0 Å². The molecule has 0 saturated heterocycles. The fourth-order valence-corrected chi connectivity index (χ4v) is 9.06. The minimum absolute atomic E-state index is 0.105. The summed E-state index contributed by atoms with van der Waals surface area (Å²) in [6.45, 7) is 7.00. The second-order valence-electron chi connectivity index (χ2n) is 12.0. The molecule has 0 radical (unpaired) electrons. The van der Waals surface area contributed by atoms with Gasteiger partial charge >= 0.3 is 0 Å². The molecule has 0 spiro atoms. The first kappa shape index (κ1) is 22.2. The fraction of sp³-hybridized carbons (Fsp3) is 0.690. The summed E-state index contributed by atoms with van der Waals surface area (Å²) in [6.07, 6.45) is 9.28. The molecule has 5 rings (SSSR count). The van der Waals surface area contributed by atoms with Crippen LogP contribution in [0.4, 0.5) is 0 Å². The van der Waals surface area contributed by atoms with E-state index in [0.29, 0.717) is 35.9 Å². The number of methoxy groups -OCH3 is 1. The zero-order valence-corrected chi connectivity index (χ0v) is 20.3. The Bertz CT molecular complexity index is 916. The highest BCUT2D eigenvalue weighted by atomic mass is 16.5. The first-order valence-corrected chi connectivity index (χ1v) is 12.8. The SMILES string of the molecule is COC1=C2CC[C@H]3[C@@H]4CC[C@H]([C@@](C)(O)Cc5ccccc5)[C@@]4(C)CC[C@@H]3[C@@]2(C)CCC1=O. The Kier molecular flexibility index (Phi) is 5.36. The second-order valence-corrected chi connectivity index (χ2v) is 12.0. The number of carbonyl (C=O) groups excluding carboxylic acids is 1. The highest BCUT2D eigenvalue weighted by Gasteiger charge is 2.62. The Morgan fingerprint density at radius 3 is 2.50 bits per heavy atom. The van der Waals surface area contributed by atoms with E-state index in [1.54, 1.807) is 7.11 Å². The van der Waals surface area contributed by atoms with E-state index in [-0.39, 0.29) is 16.6 Å². The van der Waals surface area contributed by atoms with Crippen LogP contribution in [0.5, 0.6) is 0 Å². The van der Waals surface area contributed by atoms with E-state index in [4.69, 9.17) is 4.74 Å². The number of allylic oxidation sites excluding steroid dienone is 1. The lowest BCUT2D eigenvalue weighted by Gasteiger charge is -2.59. The van der Waals surface area contributed by atoms with Crippen LogP contribution >= 0.6 is 0 Å². The van der Waals surface area contributed by atoms with Gasteiger partial charge in [0.25, 0.3) is 0 Å². The summed E-state index contributed by atoms with van der Waals surface area (Å²) in [7, 11) is 1.67. The molecule has 0 aromatic heterocycles. The van der Waals surface area contributed by atoms with E-state index in [1.165, 1.54) is 36.8 Å². The summed E-state index contributed by atoms with van der Waals surface area (Å²) in [5.41, 5.74) is 2.17. The average Bonchev–Trinajstić information content (AvgIpc) is 3.13. The van der Waals surface area contributed by atoms with Crippen LogP contribution < -0.4 is 0 Å². The number of carbonyl (C=O) groups is 1. The van der Waals surface area contributed by atoms with Crippen molar-refractivity contribution >= 4 is 5.78 Å². The molecule has 1 N–H and O–H groups in total. The summed E-state index contributed by atoms with van der Waals surface area (Å²) < 4.78 is 5.64. The third-order valence-electron chi connectivity index (χ3n) is 10.4. The molecule has 3 heteroatoms. The highest BCUT2D eigenvalue weighted by Crippen LogP contribution is 2.68. The van der Waals surface area contributed by atoms with Crippen LogP contribution in [0.1, 0.15) is 77.7 Å². The Labute approximate surface area is 193 Å². The molecular formula is C29H40O3. The number of hydrogen-bond donors (Lipinski definition) is 1. The molecule has 1 aromatic rings. The average molecular weight is 437 g/mol. The molecule has 4 aliphatic rings. The van der Waals surface area contributed by atoms with E-state index >= 15 is 0 Å². The van der Waals surface area contributed by atoms with Crippen LogP contribution in [0.3, 0.4) is 0 Å². The van der Waals surface area contributed by atoms with Gasteiger partial charge in [-0.3, -0.25) is 4.79 Å². The molecule has 4 aliphatic carbocycles. The van der Waals surface area contributed by atoms with Crippen molar-refractivity contribution in [1.29, 1.82) is 0 Å². The fourth-order valence-electron chi connectivity index (χ4n) is 9.06. The molecule has 174 valence electrons. The predicted molar refractivity (Wildman–Crippen MR) is 127 cm³/mol. The summed E-state index contributed by atoms with van der Waals surface area (Å²) in [5.74, 6) is 3.24. The zero-order valence-electron chi connectivity index (χ0n) is 20.3. The normalized spacial score (nSPS) is 40.8. The molecule has 0 bridgehead atoms. The molecule has 3 nitrogen and oxygen atoms in total. The molecule has 0 amide bonds. The third-order valence-corrected chi connectivity index (χ3v) is 10.4. The van der Waals surface area contributed by atoms with Crippen molar-refractivity contribution in [1.82, 2.24) is 0 Å². The molecule has 32 heavy (non-hydrogen) atoms. The minimum atomic E-state index is -0.679. The first-order valence-electron chi connectivity index (χ1n) is 12.8. The lowest BCUT2D eigenvalue weighted by molar-refractivity contribution is -0.124. The maximum Gasteiger partial charge on any atom is 0.197 e. The summed E-state index contributed by atoms with van der Waals surface area (Å²) >= 11 is 0. The molecule has 7 atom stereocenters. The van der Waals surface area contributed by atoms with Crippen molar-refractivity contribution in [3.63, 3.8) is 0 Å². The minimum Gasteiger partial charge on any atom is -0.493 e. The van der Waals surface area contributed by atoms with Gasteiger partial charge in [0.05, 0.1) is 12.7 Å². The summed E-state index contributed by atoms with van der Waals surface area (Å²) in [5, 5.41) is 11.7. The number of benzene rings is 1. The third kappa shape index (κ3) is 3.22. The van der Waals surface area contributed by atoms with Gasteiger partial charge in [-0.15, -0.1) is 0 Å². The molecule has 0 unspecified atom stereocenters. The van der Waals surface area contributed by atoms with Crippen molar-refractivity contribution in [2.45, 2.75) is 84.2 Å². The maximum absolute atomic E-state index is 12.5.